The SMILES string of the molecule is CC1(C)NC(=O)c2c(Cl)cc(Nc3ncnc(N)c3Cl)cc21. The molecule has 0 radical (unpaired) electrons. The van der Waals surface area contributed by atoms with Crippen molar-refractivity contribution in [3.8, 4) is 0 Å². The highest BCUT2D eigenvalue weighted by Gasteiger charge is 2.37. The Kier molecular flexibility index (Phi) is 3.38. The van der Waals surface area contributed by atoms with Crippen LogP contribution in [0.15, 0.2) is 18.5 Å². The van der Waals surface area contributed by atoms with Crippen molar-refractivity contribution in [2.24, 2.45) is 0 Å². The van der Waals surface area contributed by atoms with Gasteiger partial charge >= 0.3 is 0 Å². The molecule has 1 aromatic heterocycles. The van der Waals surface area contributed by atoms with Crippen LogP contribution in [0.2, 0.25) is 10.0 Å². The van der Waals surface area contributed by atoms with Crippen LogP contribution in [0.1, 0.15) is 29.8 Å². The van der Waals surface area contributed by atoms with Crippen LogP contribution in [-0.2, 0) is 5.54 Å². The van der Waals surface area contributed by atoms with Gasteiger partial charge in [0.1, 0.15) is 17.2 Å². The average Bonchev–Trinajstić information content (AvgIpc) is 2.65. The molecule has 22 heavy (non-hydrogen) atoms. The van der Waals surface area contributed by atoms with Crippen LogP contribution in [0.5, 0.6) is 0 Å². The van der Waals surface area contributed by atoms with E-state index in [2.05, 4.69) is 20.6 Å². The third-order valence-electron chi connectivity index (χ3n) is 3.50. The number of amides is 1. The van der Waals surface area contributed by atoms with E-state index in [0.717, 1.165) is 5.56 Å². The Bertz CT molecular complexity index is 791. The molecule has 0 fully saturated rings. The van der Waals surface area contributed by atoms with Gasteiger partial charge in [-0.15, -0.1) is 0 Å². The summed E-state index contributed by atoms with van der Waals surface area (Å²) in [6.45, 7) is 3.82. The summed E-state index contributed by atoms with van der Waals surface area (Å²) in [6.07, 6.45) is 1.31. The van der Waals surface area contributed by atoms with E-state index in [0.29, 0.717) is 22.1 Å². The van der Waals surface area contributed by atoms with E-state index in [1.165, 1.54) is 6.33 Å². The summed E-state index contributed by atoms with van der Waals surface area (Å²) in [4.78, 5) is 19.8. The van der Waals surface area contributed by atoms with Crippen molar-refractivity contribution in [1.82, 2.24) is 15.3 Å². The molecule has 0 unspecified atom stereocenters. The number of nitrogens with one attached hydrogen (secondary N) is 2. The van der Waals surface area contributed by atoms with E-state index >= 15 is 0 Å². The Morgan fingerprint density at radius 3 is 2.73 bits per heavy atom. The van der Waals surface area contributed by atoms with E-state index in [1.54, 1.807) is 6.07 Å². The Morgan fingerprint density at radius 2 is 2.00 bits per heavy atom. The second-order valence-corrected chi connectivity index (χ2v) is 6.29. The van der Waals surface area contributed by atoms with Gasteiger partial charge in [0.15, 0.2) is 5.82 Å². The number of nitrogens with two attached hydrogens (primary N) is 1. The summed E-state index contributed by atoms with van der Waals surface area (Å²) in [6, 6.07) is 3.49. The second-order valence-electron chi connectivity index (χ2n) is 5.51. The maximum absolute atomic E-state index is 12.0. The van der Waals surface area contributed by atoms with Crippen molar-refractivity contribution in [3.63, 3.8) is 0 Å². The van der Waals surface area contributed by atoms with E-state index in [-0.39, 0.29) is 16.7 Å². The number of nitrogens with zero attached hydrogens (tertiary/aromatic N) is 2. The highest BCUT2D eigenvalue weighted by molar-refractivity contribution is 6.35. The standard InChI is InChI=1S/C14H13Cl2N5O/c1-14(2)7-3-6(4-8(15)9(7)13(22)21-14)20-12-10(16)11(17)18-5-19-12/h3-5H,1-2H3,(H,21,22)(H3,17,18,19,20). The van der Waals surface area contributed by atoms with E-state index in [9.17, 15) is 4.79 Å². The van der Waals surface area contributed by atoms with E-state index < -0.39 is 5.54 Å². The number of carbonyl (C=O) groups is 1. The van der Waals surface area contributed by atoms with Gasteiger partial charge in [-0.05, 0) is 31.5 Å². The molecule has 0 atom stereocenters. The fraction of sp³-hybridized carbons (Fsp3) is 0.214. The molecule has 114 valence electrons. The van der Waals surface area contributed by atoms with Crippen LogP contribution >= 0.6 is 23.2 Å². The number of hydrogen-bond donors (Lipinski definition) is 3. The number of aromatic nitrogens is 2. The maximum atomic E-state index is 12.0. The minimum absolute atomic E-state index is 0.180. The molecule has 0 aliphatic carbocycles. The summed E-state index contributed by atoms with van der Waals surface area (Å²) in [5, 5.41) is 6.53. The van der Waals surface area contributed by atoms with Gasteiger partial charge in [-0.3, -0.25) is 4.79 Å². The molecule has 2 heterocycles. The average molecular weight is 338 g/mol. The van der Waals surface area contributed by atoms with Crippen LogP contribution in [0.4, 0.5) is 17.3 Å². The van der Waals surface area contributed by atoms with Crippen molar-refractivity contribution < 1.29 is 4.79 Å². The molecule has 1 aliphatic rings. The number of fused-ring (bicyclic) bond motifs is 1. The summed E-state index contributed by atoms with van der Waals surface area (Å²) in [5.74, 6) is 0.379. The lowest BCUT2D eigenvalue weighted by molar-refractivity contribution is 0.0940. The first-order valence-corrected chi connectivity index (χ1v) is 7.25. The van der Waals surface area contributed by atoms with Crippen LogP contribution < -0.4 is 16.4 Å². The first-order chi connectivity index (χ1) is 10.3. The van der Waals surface area contributed by atoms with Crippen molar-refractivity contribution in [1.29, 1.82) is 0 Å². The normalized spacial score (nSPS) is 15.4. The number of anilines is 3. The zero-order valence-electron chi connectivity index (χ0n) is 11.9. The molecular formula is C14H13Cl2N5O. The minimum Gasteiger partial charge on any atom is -0.382 e. The number of carbonyl (C=O) groups excluding carboxylic acids is 1. The Morgan fingerprint density at radius 1 is 1.27 bits per heavy atom. The molecule has 1 aromatic carbocycles. The van der Waals surface area contributed by atoms with Gasteiger partial charge in [0, 0.05) is 5.69 Å². The zero-order valence-corrected chi connectivity index (χ0v) is 13.4. The summed E-state index contributed by atoms with van der Waals surface area (Å²) >= 11 is 12.3. The molecule has 0 saturated carbocycles. The highest BCUT2D eigenvalue weighted by Crippen LogP contribution is 2.38. The Balaban J connectivity index is 2.06. The summed E-state index contributed by atoms with van der Waals surface area (Å²) in [7, 11) is 0. The van der Waals surface area contributed by atoms with Gasteiger partial charge < -0.3 is 16.4 Å². The smallest absolute Gasteiger partial charge is 0.253 e. The van der Waals surface area contributed by atoms with E-state index in [4.69, 9.17) is 28.9 Å². The van der Waals surface area contributed by atoms with Crippen molar-refractivity contribution in [2.75, 3.05) is 11.1 Å². The molecule has 0 bridgehead atoms. The van der Waals surface area contributed by atoms with Gasteiger partial charge in [-0.2, -0.15) is 0 Å². The molecule has 0 saturated heterocycles. The molecule has 1 amide bonds. The first kappa shape index (κ1) is 14.9. The maximum Gasteiger partial charge on any atom is 0.253 e. The third kappa shape index (κ3) is 2.34. The monoisotopic (exact) mass is 337 g/mol. The largest absolute Gasteiger partial charge is 0.382 e. The quantitative estimate of drug-likeness (QED) is 0.782. The predicted molar refractivity (Wildman–Crippen MR) is 86.7 cm³/mol. The first-order valence-electron chi connectivity index (χ1n) is 6.49. The van der Waals surface area contributed by atoms with Crippen LogP contribution in [0.25, 0.3) is 0 Å². The van der Waals surface area contributed by atoms with Crippen molar-refractivity contribution in [2.45, 2.75) is 19.4 Å². The molecular weight excluding hydrogens is 325 g/mol. The van der Waals surface area contributed by atoms with Gasteiger partial charge in [0.05, 0.1) is 16.1 Å². The molecule has 6 nitrogen and oxygen atoms in total. The number of benzene rings is 1. The number of halogens is 2. The number of nitrogen functional groups attached to an aromatic ring is 1. The van der Waals surface area contributed by atoms with Crippen molar-refractivity contribution >= 4 is 46.4 Å². The fourth-order valence-electron chi connectivity index (χ4n) is 2.42. The van der Waals surface area contributed by atoms with Crippen molar-refractivity contribution in [3.05, 3.63) is 39.6 Å². The molecule has 3 rings (SSSR count). The molecule has 2 aromatic rings. The molecule has 0 spiro atoms. The molecule has 1 aliphatic heterocycles. The third-order valence-corrected chi connectivity index (χ3v) is 4.17. The molecule has 4 N–H and O–H groups in total. The van der Waals surface area contributed by atoms with Crippen LogP contribution in [-0.4, -0.2) is 15.9 Å². The zero-order chi connectivity index (χ0) is 16.1. The Labute approximate surface area is 137 Å². The Hall–Kier alpha value is -2.05. The van der Waals surface area contributed by atoms with Crippen LogP contribution in [0, 0.1) is 0 Å². The van der Waals surface area contributed by atoms with Gasteiger partial charge in [-0.1, -0.05) is 23.2 Å². The topological polar surface area (TPSA) is 92.9 Å². The van der Waals surface area contributed by atoms with Gasteiger partial charge in [-0.25, -0.2) is 9.97 Å². The minimum atomic E-state index is -0.498. The van der Waals surface area contributed by atoms with Gasteiger partial charge in [0.25, 0.3) is 5.91 Å². The van der Waals surface area contributed by atoms with Gasteiger partial charge in [0.2, 0.25) is 0 Å². The lowest BCUT2D eigenvalue weighted by atomic mass is 9.94. The molecule has 8 heteroatoms. The highest BCUT2D eigenvalue weighted by atomic mass is 35.5. The predicted octanol–water partition coefficient (Wildman–Crippen LogP) is 3.09. The second kappa shape index (κ2) is 5.00. The van der Waals surface area contributed by atoms with E-state index in [1.807, 2.05) is 19.9 Å². The summed E-state index contributed by atoms with van der Waals surface area (Å²) in [5.41, 5.74) is 7.12. The number of rotatable bonds is 2. The fourth-order valence-corrected chi connectivity index (χ4v) is 2.87. The van der Waals surface area contributed by atoms with Crippen LogP contribution in [0.3, 0.4) is 0 Å². The number of hydrogen-bond acceptors (Lipinski definition) is 5. The lowest BCUT2D eigenvalue weighted by Gasteiger charge is -2.20. The lowest BCUT2D eigenvalue weighted by Crippen LogP contribution is -2.32. The summed E-state index contributed by atoms with van der Waals surface area (Å²) < 4.78 is 0.